The van der Waals surface area contributed by atoms with Crippen molar-refractivity contribution in [2.75, 3.05) is 5.32 Å². The van der Waals surface area contributed by atoms with Gasteiger partial charge >= 0.3 is 0 Å². The van der Waals surface area contributed by atoms with E-state index < -0.39 is 11.6 Å². The zero-order chi connectivity index (χ0) is 14.1. The Labute approximate surface area is 114 Å². The van der Waals surface area contributed by atoms with Crippen molar-refractivity contribution in [2.24, 2.45) is 0 Å². The fourth-order valence-corrected chi connectivity index (χ4v) is 1.92. The fourth-order valence-electron chi connectivity index (χ4n) is 1.92. The third kappa shape index (κ3) is 2.84. The molecule has 0 aliphatic heterocycles. The zero-order valence-corrected chi connectivity index (χ0v) is 10.6. The van der Waals surface area contributed by atoms with Crippen LogP contribution in [0.4, 0.5) is 14.5 Å². The highest BCUT2D eigenvalue weighted by Gasteiger charge is 2.21. The van der Waals surface area contributed by atoms with Crippen molar-refractivity contribution in [3.8, 4) is 0 Å². The van der Waals surface area contributed by atoms with E-state index in [0.717, 1.165) is 35.7 Å². The average molecular weight is 277 g/mol. The molecule has 1 aliphatic carbocycles. The number of nitrogens with one attached hydrogen (secondary N) is 1. The highest BCUT2D eigenvalue weighted by Crippen LogP contribution is 2.23. The van der Waals surface area contributed by atoms with Crippen LogP contribution in [0.1, 0.15) is 18.4 Å². The summed E-state index contributed by atoms with van der Waals surface area (Å²) < 4.78 is 27.7. The van der Waals surface area contributed by atoms with Gasteiger partial charge in [0.25, 0.3) is 5.56 Å². The first-order valence-corrected chi connectivity index (χ1v) is 6.39. The molecule has 2 aromatic rings. The minimum Gasteiger partial charge on any atom is -0.381 e. The van der Waals surface area contributed by atoms with Crippen LogP contribution in [-0.2, 0) is 6.54 Å². The largest absolute Gasteiger partial charge is 0.381 e. The Morgan fingerprint density at radius 1 is 1.30 bits per heavy atom. The molecule has 1 saturated carbocycles. The molecule has 6 heteroatoms. The molecule has 0 radical (unpaired) electrons. The normalized spacial score (nSPS) is 14.3. The lowest BCUT2D eigenvalue weighted by molar-refractivity contribution is 0.557. The second-order valence-electron chi connectivity index (χ2n) is 4.89. The highest BCUT2D eigenvalue weighted by atomic mass is 19.1. The average Bonchev–Trinajstić information content (AvgIpc) is 3.21. The van der Waals surface area contributed by atoms with Gasteiger partial charge in [-0.25, -0.2) is 13.5 Å². The second-order valence-corrected chi connectivity index (χ2v) is 4.89. The van der Waals surface area contributed by atoms with E-state index >= 15 is 0 Å². The van der Waals surface area contributed by atoms with Crippen LogP contribution >= 0.6 is 0 Å². The van der Waals surface area contributed by atoms with E-state index in [4.69, 9.17) is 0 Å². The second kappa shape index (κ2) is 5.03. The number of nitrogens with zero attached hydrogens (tertiary/aromatic N) is 2. The molecule has 1 N–H and O–H groups in total. The summed E-state index contributed by atoms with van der Waals surface area (Å²) in [5, 5.41) is 7.14. The van der Waals surface area contributed by atoms with Crippen LogP contribution in [0.5, 0.6) is 0 Å². The molecular weight excluding hydrogens is 264 g/mol. The Kier molecular flexibility index (Phi) is 3.22. The van der Waals surface area contributed by atoms with Gasteiger partial charge in [-0.05, 0) is 31.0 Å². The quantitative estimate of drug-likeness (QED) is 0.931. The van der Waals surface area contributed by atoms with Crippen LogP contribution in [-0.4, -0.2) is 15.8 Å². The van der Waals surface area contributed by atoms with Gasteiger partial charge in [0.2, 0.25) is 0 Å². The molecule has 1 aromatic carbocycles. The predicted octanol–water partition coefficient (Wildman–Crippen LogP) is 2.14. The Bertz CT molecular complexity index is 695. The molecular formula is C14H13F2N3O. The summed E-state index contributed by atoms with van der Waals surface area (Å²) in [5.41, 5.74) is 0.412. The van der Waals surface area contributed by atoms with Crippen molar-refractivity contribution >= 4 is 5.69 Å². The summed E-state index contributed by atoms with van der Waals surface area (Å²) in [6.45, 7) is -0.0911. The molecule has 1 aromatic heterocycles. The van der Waals surface area contributed by atoms with Crippen LogP contribution in [0, 0.1) is 11.6 Å². The molecule has 1 heterocycles. The van der Waals surface area contributed by atoms with Gasteiger partial charge in [0.15, 0.2) is 0 Å². The maximum absolute atomic E-state index is 13.5. The lowest BCUT2D eigenvalue weighted by Crippen LogP contribution is -2.23. The van der Waals surface area contributed by atoms with Gasteiger partial charge in [0, 0.05) is 17.7 Å². The van der Waals surface area contributed by atoms with Crippen molar-refractivity contribution in [1.82, 2.24) is 9.78 Å². The number of hydrogen-bond acceptors (Lipinski definition) is 3. The third-order valence-electron chi connectivity index (χ3n) is 3.15. The van der Waals surface area contributed by atoms with Gasteiger partial charge in [0.05, 0.1) is 18.4 Å². The first kappa shape index (κ1) is 12.8. The molecule has 20 heavy (non-hydrogen) atoms. The topological polar surface area (TPSA) is 46.9 Å². The molecule has 0 spiro atoms. The van der Waals surface area contributed by atoms with E-state index in [2.05, 4.69) is 10.4 Å². The number of hydrogen-bond donors (Lipinski definition) is 1. The lowest BCUT2D eigenvalue weighted by Gasteiger charge is -2.08. The van der Waals surface area contributed by atoms with E-state index in [1.54, 1.807) is 0 Å². The maximum Gasteiger partial charge on any atom is 0.269 e. The standard InChI is InChI=1S/C14H13F2N3O/c15-10-1-4-13(16)9(5-10)8-19-14(20)6-12(7-17-19)18-11-2-3-11/h1,4-7,11,18H,2-3,8H2. The number of anilines is 1. The van der Waals surface area contributed by atoms with Crippen LogP contribution in [0.3, 0.4) is 0 Å². The minimum atomic E-state index is -0.555. The van der Waals surface area contributed by atoms with Crippen molar-refractivity contribution in [1.29, 1.82) is 0 Å². The number of halogens is 2. The number of aromatic nitrogens is 2. The van der Waals surface area contributed by atoms with E-state index in [9.17, 15) is 13.6 Å². The predicted molar refractivity (Wildman–Crippen MR) is 70.6 cm³/mol. The van der Waals surface area contributed by atoms with E-state index in [-0.39, 0.29) is 17.7 Å². The first-order chi connectivity index (χ1) is 9.61. The van der Waals surface area contributed by atoms with Crippen LogP contribution in [0.15, 0.2) is 35.3 Å². The molecule has 0 bridgehead atoms. The third-order valence-corrected chi connectivity index (χ3v) is 3.15. The molecule has 0 atom stereocenters. The van der Waals surface area contributed by atoms with Crippen LogP contribution < -0.4 is 10.9 Å². The summed E-state index contributed by atoms with van der Waals surface area (Å²) in [6, 6.07) is 4.99. The smallest absolute Gasteiger partial charge is 0.269 e. The minimum absolute atomic E-state index is 0.0911. The maximum atomic E-state index is 13.5. The van der Waals surface area contributed by atoms with E-state index in [1.165, 1.54) is 12.3 Å². The number of rotatable bonds is 4. The Morgan fingerprint density at radius 2 is 2.10 bits per heavy atom. The Morgan fingerprint density at radius 3 is 2.80 bits per heavy atom. The molecule has 1 fully saturated rings. The van der Waals surface area contributed by atoms with Gasteiger partial charge in [0.1, 0.15) is 11.6 Å². The Hall–Kier alpha value is -2.24. The molecule has 3 rings (SSSR count). The van der Waals surface area contributed by atoms with Crippen molar-refractivity contribution in [2.45, 2.75) is 25.4 Å². The van der Waals surface area contributed by atoms with Crippen LogP contribution in [0.25, 0.3) is 0 Å². The van der Waals surface area contributed by atoms with Gasteiger partial charge in [-0.2, -0.15) is 5.10 Å². The van der Waals surface area contributed by atoms with Crippen molar-refractivity contribution in [3.05, 3.63) is 58.0 Å². The zero-order valence-electron chi connectivity index (χ0n) is 10.6. The van der Waals surface area contributed by atoms with E-state index in [1.807, 2.05) is 0 Å². The molecule has 0 unspecified atom stereocenters. The monoisotopic (exact) mass is 277 g/mol. The van der Waals surface area contributed by atoms with Crippen LogP contribution in [0.2, 0.25) is 0 Å². The summed E-state index contributed by atoms with van der Waals surface area (Å²) in [6.07, 6.45) is 3.71. The first-order valence-electron chi connectivity index (χ1n) is 6.39. The lowest BCUT2D eigenvalue weighted by atomic mass is 10.2. The van der Waals surface area contributed by atoms with Gasteiger partial charge < -0.3 is 5.32 Å². The molecule has 4 nitrogen and oxygen atoms in total. The number of benzene rings is 1. The van der Waals surface area contributed by atoms with Crippen molar-refractivity contribution < 1.29 is 8.78 Å². The van der Waals surface area contributed by atoms with E-state index in [0.29, 0.717) is 11.7 Å². The summed E-state index contributed by atoms with van der Waals surface area (Å²) in [5.74, 6) is -1.10. The van der Waals surface area contributed by atoms with Gasteiger partial charge in [-0.15, -0.1) is 0 Å². The Balaban J connectivity index is 1.83. The molecule has 0 saturated heterocycles. The molecule has 104 valence electrons. The summed E-state index contributed by atoms with van der Waals surface area (Å²) >= 11 is 0. The summed E-state index contributed by atoms with van der Waals surface area (Å²) in [7, 11) is 0. The SMILES string of the molecule is O=c1cc(NC2CC2)cnn1Cc1cc(F)ccc1F. The van der Waals surface area contributed by atoms with Gasteiger partial charge in [-0.3, -0.25) is 4.79 Å². The highest BCUT2D eigenvalue weighted by molar-refractivity contribution is 5.41. The molecule has 0 amide bonds. The fraction of sp³-hybridized carbons (Fsp3) is 0.286. The van der Waals surface area contributed by atoms with Crippen molar-refractivity contribution in [3.63, 3.8) is 0 Å². The molecule has 1 aliphatic rings. The van der Waals surface area contributed by atoms with Gasteiger partial charge in [-0.1, -0.05) is 0 Å². The summed E-state index contributed by atoms with van der Waals surface area (Å²) in [4.78, 5) is 11.9.